The number of rotatable bonds is 6. The van der Waals surface area contributed by atoms with Crippen molar-refractivity contribution in [3.05, 3.63) is 40.5 Å². The third kappa shape index (κ3) is 4.57. The van der Waals surface area contributed by atoms with E-state index in [0.29, 0.717) is 12.1 Å². The minimum atomic E-state index is -0.649. The second kappa shape index (κ2) is 8.85. The van der Waals surface area contributed by atoms with Crippen molar-refractivity contribution >= 4 is 29.2 Å². The van der Waals surface area contributed by atoms with Gasteiger partial charge in [0.05, 0.1) is 5.56 Å². The third-order valence-electron chi connectivity index (χ3n) is 4.32. The number of urea groups is 1. The van der Waals surface area contributed by atoms with Crippen molar-refractivity contribution in [2.75, 3.05) is 13.2 Å². The van der Waals surface area contributed by atoms with E-state index < -0.39 is 24.5 Å². The Hall–Kier alpha value is -2.61. The standard InChI is InChI=1S/C19H23N3O4S/c1-2-9-20-19(25)21-15(23)12-26-18(24)16-13-7-3-4-8-14(13)27-17(16)22-10-5-6-11-22/h5-6,10-11H,2-4,7-9,12H2,1H3,(H2,20,21,23,25). The number of aromatic nitrogens is 1. The number of fused-ring (bicyclic) bond motifs is 1. The number of nitrogens with one attached hydrogen (secondary N) is 2. The highest BCUT2D eigenvalue weighted by Crippen LogP contribution is 2.37. The Morgan fingerprint density at radius 3 is 2.67 bits per heavy atom. The molecule has 0 saturated heterocycles. The van der Waals surface area contributed by atoms with Gasteiger partial charge in [0.25, 0.3) is 5.91 Å². The van der Waals surface area contributed by atoms with Gasteiger partial charge in [-0.25, -0.2) is 9.59 Å². The minimum Gasteiger partial charge on any atom is -0.452 e. The number of hydrogen-bond donors (Lipinski definition) is 2. The molecule has 1 aliphatic rings. The second-order valence-corrected chi connectivity index (χ2v) is 7.45. The first-order valence-electron chi connectivity index (χ1n) is 9.12. The van der Waals surface area contributed by atoms with E-state index in [1.54, 1.807) is 11.3 Å². The Bertz CT molecular complexity index is 826. The Morgan fingerprint density at radius 2 is 1.93 bits per heavy atom. The molecule has 0 radical (unpaired) electrons. The Labute approximate surface area is 161 Å². The molecule has 0 fully saturated rings. The van der Waals surface area contributed by atoms with E-state index in [0.717, 1.165) is 42.7 Å². The molecule has 0 aliphatic heterocycles. The van der Waals surface area contributed by atoms with E-state index >= 15 is 0 Å². The van der Waals surface area contributed by atoms with Crippen LogP contribution in [0.15, 0.2) is 24.5 Å². The third-order valence-corrected chi connectivity index (χ3v) is 5.62. The highest BCUT2D eigenvalue weighted by molar-refractivity contribution is 7.15. The number of carbonyl (C=O) groups is 3. The predicted molar refractivity (Wildman–Crippen MR) is 102 cm³/mol. The average molecular weight is 389 g/mol. The van der Waals surface area contributed by atoms with E-state index in [-0.39, 0.29) is 0 Å². The van der Waals surface area contributed by atoms with E-state index in [2.05, 4.69) is 10.6 Å². The average Bonchev–Trinajstić information content (AvgIpc) is 3.31. The fraction of sp³-hybridized carbons (Fsp3) is 0.421. The summed E-state index contributed by atoms with van der Waals surface area (Å²) in [5.74, 6) is -1.18. The molecule has 2 aromatic rings. The highest BCUT2D eigenvalue weighted by atomic mass is 32.1. The number of carbonyl (C=O) groups excluding carboxylic acids is 3. The molecule has 0 unspecified atom stereocenters. The van der Waals surface area contributed by atoms with Crippen molar-refractivity contribution in [3.8, 4) is 5.00 Å². The van der Waals surface area contributed by atoms with Gasteiger partial charge in [-0.2, -0.15) is 0 Å². The number of ether oxygens (including phenoxy) is 1. The zero-order valence-electron chi connectivity index (χ0n) is 15.2. The van der Waals surface area contributed by atoms with Crippen LogP contribution >= 0.6 is 11.3 Å². The molecule has 7 nitrogen and oxygen atoms in total. The summed E-state index contributed by atoms with van der Waals surface area (Å²) in [5.41, 5.74) is 1.56. The first kappa shape index (κ1) is 19.2. The highest BCUT2D eigenvalue weighted by Gasteiger charge is 2.27. The molecule has 2 aromatic heterocycles. The van der Waals surface area contributed by atoms with Crippen LogP contribution in [-0.2, 0) is 22.4 Å². The van der Waals surface area contributed by atoms with Gasteiger partial charge in [-0.3, -0.25) is 10.1 Å². The second-order valence-electron chi connectivity index (χ2n) is 6.36. The predicted octanol–water partition coefficient (Wildman–Crippen LogP) is 2.81. The van der Waals surface area contributed by atoms with Gasteiger partial charge in [0, 0.05) is 23.8 Å². The number of aryl methyl sites for hydroxylation is 1. The normalized spacial score (nSPS) is 12.9. The molecule has 2 heterocycles. The van der Waals surface area contributed by atoms with Crippen LogP contribution in [0.1, 0.15) is 47.0 Å². The number of nitrogens with zero attached hydrogens (tertiary/aromatic N) is 1. The number of hydrogen-bond acceptors (Lipinski definition) is 5. The van der Waals surface area contributed by atoms with Gasteiger partial charge >= 0.3 is 12.0 Å². The summed E-state index contributed by atoms with van der Waals surface area (Å²) in [5, 5.41) is 5.50. The molecule has 0 atom stereocenters. The number of esters is 1. The van der Waals surface area contributed by atoms with Crippen molar-refractivity contribution in [3.63, 3.8) is 0 Å². The van der Waals surface area contributed by atoms with E-state index in [1.807, 2.05) is 36.0 Å². The van der Waals surface area contributed by atoms with Crippen LogP contribution in [0.4, 0.5) is 4.79 Å². The summed E-state index contributed by atoms with van der Waals surface area (Å²) in [4.78, 5) is 37.3. The fourth-order valence-corrected chi connectivity index (χ4v) is 4.41. The number of imide groups is 1. The van der Waals surface area contributed by atoms with E-state index in [9.17, 15) is 14.4 Å². The topological polar surface area (TPSA) is 89.4 Å². The maximum atomic E-state index is 12.7. The molecule has 0 spiro atoms. The monoisotopic (exact) mass is 389 g/mol. The summed E-state index contributed by atoms with van der Waals surface area (Å²) in [7, 11) is 0. The van der Waals surface area contributed by atoms with Gasteiger partial charge in [-0.1, -0.05) is 6.92 Å². The molecule has 1 aliphatic carbocycles. The molecular weight excluding hydrogens is 366 g/mol. The molecule has 3 rings (SSSR count). The number of thiophene rings is 1. The summed E-state index contributed by atoms with van der Waals surface area (Å²) in [6.45, 7) is 1.89. The zero-order valence-corrected chi connectivity index (χ0v) is 16.1. The minimum absolute atomic E-state index is 0.472. The van der Waals surface area contributed by atoms with Gasteiger partial charge in [0.2, 0.25) is 0 Å². The van der Waals surface area contributed by atoms with Gasteiger partial charge in [-0.05, 0) is 49.8 Å². The Kier molecular flexibility index (Phi) is 6.28. The van der Waals surface area contributed by atoms with Crippen LogP contribution in [0.3, 0.4) is 0 Å². The van der Waals surface area contributed by atoms with Crippen molar-refractivity contribution in [2.45, 2.75) is 39.0 Å². The zero-order chi connectivity index (χ0) is 19.2. The lowest BCUT2D eigenvalue weighted by molar-refractivity contribution is -0.123. The lowest BCUT2D eigenvalue weighted by Gasteiger charge is -2.13. The van der Waals surface area contributed by atoms with Crippen LogP contribution in [-0.4, -0.2) is 35.6 Å². The quantitative estimate of drug-likeness (QED) is 0.744. The Balaban J connectivity index is 1.70. The van der Waals surface area contributed by atoms with Crippen LogP contribution < -0.4 is 10.6 Å². The van der Waals surface area contributed by atoms with Gasteiger partial charge in [-0.15, -0.1) is 11.3 Å². The van der Waals surface area contributed by atoms with Crippen molar-refractivity contribution in [2.24, 2.45) is 0 Å². The van der Waals surface area contributed by atoms with Crippen LogP contribution in [0, 0.1) is 0 Å². The van der Waals surface area contributed by atoms with Gasteiger partial charge < -0.3 is 14.6 Å². The molecule has 27 heavy (non-hydrogen) atoms. The molecule has 3 amide bonds. The van der Waals surface area contributed by atoms with Crippen molar-refractivity contribution in [1.29, 1.82) is 0 Å². The van der Waals surface area contributed by atoms with Crippen LogP contribution in [0.5, 0.6) is 0 Å². The molecule has 0 saturated carbocycles. The molecule has 144 valence electrons. The molecular formula is C19H23N3O4S. The van der Waals surface area contributed by atoms with Crippen molar-refractivity contribution < 1.29 is 19.1 Å². The molecule has 2 N–H and O–H groups in total. The summed E-state index contributed by atoms with van der Waals surface area (Å²) < 4.78 is 7.12. The smallest absolute Gasteiger partial charge is 0.341 e. The maximum absolute atomic E-state index is 12.7. The number of amides is 3. The van der Waals surface area contributed by atoms with E-state index in [1.165, 1.54) is 4.88 Å². The summed E-state index contributed by atoms with van der Waals surface area (Å²) >= 11 is 1.60. The van der Waals surface area contributed by atoms with Gasteiger partial charge in [0.15, 0.2) is 6.61 Å². The van der Waals surface area contributed by atoms with Gasteiger partial charge in [0.1, 0.15) is 5.00 Å². The largest absolute Gasteiger partial charge is 0.452 e. The van der Waals surface area contributed by atoms with Crippen LogP contribution in [0.2, 0.25) is 0 Å². The first-order valence-corrected chi connectivity index (χ1v) is 9.94. The van der Waals surface area contributed by atoms with E-state index in [4.69, 9.17) is 4.74 Å². The lowest BCUT2D eigenvalue weighted by atomic mass is 9.95. The van der Waals surface area contributed by atoms with Crippen LogP contribution in [0.25, 0.3) is 5.00 Å². The van der Waals surface area contributed by atoms with Crippen molar-refractivity contribution in [1.82, 2.24) is 15.2 Å². The first-order chi connectivity index (χ1) is 13.1. The summed E-state index contributed by atoms with van der Waals surface area (Å²) in [6.07, 6.45) is 8.48. The Morgan fingerprint density at radius 1 is 1.19 bits per heavy atom. The molecule has 0 aromatic carbocycles. The fourth-order valence-electron chi connectivity index (χ4n) is 3.06. The maximum Gasteiger partial charge on any atom is 0.341 e. The lowest BCUT2D eigenvalue weighted by Crippen LogP contribution is -2.41. The SMILES string of the molecule is CCCNC(=O)NC(=O)COC(=O)c1c(-n2cccc2)sc2c1CCCC2. The molecule has 8 heteroatoms. The molecule has 0 bridgehead atoms. The summed E-state index contributed by atoms with van der Waals surface area (Å²) in [6, 6.07) is 3.21.